The molecule has 2 aromatic rings. The van der Waals surface area contributed by atoms with Crippen molar-refractivity contribution in [2.45, 2.75) is 13.1 Å². The van der Waals surface area contributed by atoms with Gasteiger partial charge in [0, 0.05) is 21.1 Å². The van der Waals surface area contributed by atoms with Gasteiger partial charge in [0.1, 0.15) is 5.82 Å². The Labute approximate surface area is 128 Å². The first-order valence-corrected chi connectivity index (χ1v) is 7.41. The molecule has 0 atom stereocenters. The maximum atomic E-state index is 13.1. The Bertz CT molecular complexity index is 545. The van der Waals surface area contributed by atoms with Gasteiger partial charge in [0.25, 0.3) is 0 Å². The van der Waals surface area contributed by atoms with Crippen molar-refractivity contribution in [2.75, 3.05) is 0 Å². The van der Waals surface area contributed by atoms with E-state index < -0.39 is 0 Å². The van der Waals surface area contributed by atoms with E-state index in [0.717, 1.165) is 16.6 Å². The Morgan fingerprint density at radius 1 is 1.11 bits per heavy atom. The van der Waals surface area contributed by atoms with Crippen molar-refractivity contribution in [1.82, 2.24) is 5.32 Å². The fourth-order valence-corrected chi connectivity index (χ4v) is 2.66. The SMILES string of the molecule is Fc1ccc(Br)c(CNCc2cccc(I)c2)c1. The quantitative estimate of drug-likeness (QED) is 0.720. The fourth-order valence-electron chi connectivity index (χ4n) is 1.67. The van der Waals surface area contributed by atoms with Crippen LogP contribution in [0.2, 0.25) is 0 Å². The third-order valence-electron chi connectivity index (χ3n) is 2.54. The third-order valence-corrected chi connectivity index (χ3v) is 3.99. The van der Waals surface area contributed by atoms with Crippen molar-refractivity contribution in [3.63, 3.8) is 0 Å². The van der Waals surface area contributed by atoms with Crippen molar-refractivity contribution < 1.29 is 4.39 Å². The highest BCUT2D eigenvalue weighted by molar-refractivity contribution is 14.1. The molecule has 0 spiro atoms. The van der Waals surface area contributed by atoms with Crippen LogP contribution < -0.4 is 5.32 Å². The zero-order chi connectivity index (χ0) is 13.0. The van der Waals surface area contributed by atoms with Gasteiger partial charge in [-0.3, -0.25) is 0 Å². The highest BCUT2D eigenvalue weighted by Crippen LogP contribution is 2.17. The van der Waals surface area contributed by atoms with Crippen LogP contribution in [0.15, 0.2) is 46.9 Å². The number of hydrogen-bond donors (Lipinski definition) is 1. The van der Waals surface area contributed by atoms with Crippen molar-refractivity contribution in [1.29, 1.82) is 0 Å². The standard InChI is InChI=1S/C14H12BrFIN/c15-14-5-4-12(16)7-11(14)9-18-8-10-2-1-3-13(17)6-10/h1-7,18H,8-9H2. The molecule has 0 aliphatic heterocycles. The van der Waals surface area contributed by atoms with Crippen LogP contribution in [0.3, 0.4) is 0 Å². The average Bonchev–Trinajstić information content (AvgIpc) is 2.34. The van der Waals surface area contributed by atoms with Crippen molar-refractivity contribution >= 4 is 38.5 Å². The predicted octanol–water partition coefficient (Wildman–Crippen LogP) is 4.48. The van der Waals surface area contributed by atoms with Gasteiger partial charge in [0.05, 0.1) is 0 Å². The van der Waals surface area contributed by atoms with Gasteiger partial charge in [0.2, 0.25) is 0 Å². The van der Waals surface area contributed by atoms with E-state index >= 15 is 0 Å². The summed E-state index contributed by atoms with van der Waals surface area (Å²) in [6, 6.07) is 13.0. The van der Waals surface area contributed by atoms with Crippen LogP contribution in [0.5, 0.6) is 0 Å². The Balaban J connectivity index is 1.94. The number of rotatable bonds is 4. The lowest BCUT2D eigenvalue weighted by molar-refractivity contribution is 0.619. The molecule has 18 heavy (non-hydrogen) atoms. The van der Waals surface area contributed by atoms with Gasteiger partial charge in [-0.2, -0.15) is 0 Å². The molecule has 0 fully saturated rings. The van der Waals surface area contributed by atoms with Gasteiger partial charge in [-0.15, -0.1) is 0 Å². The summed E-state index contributed by atoms with van der Waals surface area (Å²) < 4.78 is 15.3. The summed E-state index contributed by atoms with van der Waals surface area (Å²) >= 11 is 5.71. The van der Waals surface area contributed by atoms with Gasteiger partial charge in [-0.25, -0.2) is 4.39 Å². The smallest absolute Gasteiger partial charge is 0.123 e. The lowest BCUT2D eigenvalue weighted by Crippen LogP contribution is -2.13. The van der Waals surface area contributed by atoms with E-state index in [-0.39, 0.29) is 5.82 Å². The van der Waals surface area contributed by atoms with Gasteiger partial charge < -0.3 is 5.32 Å². The summed E-state index contributed by atoms with van der Waals surface area (Å²) in [5.41, 5.74) is 2.16. The molecule has 2 aromatic carbocycles. The van der Waals surface area contributed by atoms with Gasteiger partial charge in [-0.05, 0) is 64.0 Å². The summed E-state index contributed by atoms with van der Waals surface area (Å²) in [7, 11) is 0. The lowest BCUT2D eigenvalue weighted by atomic mass is 10.2. The third kappa shape index (κ3) is 4.03. The molecule has 2 rings (SSSR count). The normalized spacial score (nSPS) is 10.6. The molecular weight excluding hydrogens is 408 g/mol. The van der Waals surface area contributed by atoms with Crippen molar-refractivity contribution in [2.24, 2.45) is 0 Å². The minimum Gasteiger partial charge on any atom is -0.309 e. The molecule has 0 aromatic heterocycles. The highest BCUT2D eigenvalue weighted by Gasteiger charge is 2.01. The van der Waals surface area contributed by atoms with Gasteiger partial charge in [0.15, 0.2) is 0 Å². The number of hydrogen-bond acceptors (Lipinski definition) is 1. The number of halogens is 3. The van der Waals surface area contributed by atoms with E-state index in [2.05, 4.69) is 62.0 Å². The predicted molar refractivity (Wildman–Crippen MR) is 83.8 cm³/mol. The Morgan fingerprint density at radius 2 is 1.94 bits per heavy atom. The van der Waals surface area contributed by atoms with Crippen LogP contribution in [-0.4, -0.2) is 0 Å². The van der Waals surface area contributed by atoms with Crippen LogP contribution in [0.1, 0.15) is 11.1 Å². The second-order valence-corrected chi connectivity index (χ2v) is 6.07. The second kappa shape index (κ2) is 6.63. The highest BCUT2D eigenvalue weighted by atomic mass is 127. The zero-order valence-corrected chi connectivity index (χ0v) is 13.3. The maximum absolute atomic E-state index is 13.1. The Hall–Kier alpha value is -0.460. The first-order chi connectivity index (χ1) is 8.65. The number of nitrogens with one attached hydrogen (secondary N) is 1. The second-order valence-electron chi connectivity index (χ2n) is 3.97. The summed E-state index contributed by atoms with van der Waals surface area (Å²) in [6.45, 7) is 1.42. The molecule has 0 aliphatic rings. The molecule has 0 bridgehead atoms. The average molecular weight is 420 g/mol. The maximum Gasteiger partial charge on any atom is 0.123 e. The van der Waals surface area contributed by atoms with Crippen LogP contribution in [0, 0.1) is 9.39 Å². The lowest BCUT2D eigenvalue weighted by Gasteiger charge is -2.07. The van der Waals surface area contributed by atoms with Crippen molar-refractivity contribution in [3.05, 3.63) is 67.5 Å². The number of benzene rings is 2. The minimum atomic E-state index is -0.204. The molecule has 0 amide bonds. The Kier molecular flexibility index (Phi) is 5.14. The molecular formula is C14H12BrFIN. The topological polar surface area (TPSA) is 12.0 Å². The summed E-state index contributed by atoms with van der Waals surface area (Å²) in [4.78, 5) is 0. The summed E-state index contributed by atoms with van der Waals surface area (Å²) in [6.07, 6.45) is 0. The first-order valence-electron chi connectivity index (χ1n) is 5.54. The summed E-state index contributed by atoms with van der Waals surface area (Å²) in [5.74, 6) is -0.204. The van der Waals surface area contributed by atoms with Crippen LogP contribution in [0.25, 0.3) is 0 Å². The molecule has 0 heterocycles. The minimum absolute atomic E-state index is 0.204. The molecule has 0 radical (unpaired) electrons. The largest absolute Gasteiger partial charge is 0.309 e. The molecule has 1 N–H and O–H groups in total. The molecule has 1 nitrogen and oxygen atoms in total. The monoisotopic (exact) mass is 419 g/mol. The fraction of sp³-hybridized carbons (Fsp3) is 0.143. The molecule has 0 saturated heterocycles. The first kappa shape index (κ1) is 14.0. The van der Waals surface area contributed by atoms with E-state index in [4.69, 9.17) is 0 Å². The van der Waals surface area contributed by atoms with Crippen LogP contribution >= 0.6 is 38.5 Å². The van der Waals surface area contributed by atoms with E-state index in [0.29, 0.717) is 6.54 Å². The van der Waals surface area contributed by atoms with Gasteiger partial charge in [-0.1, -0.05) is 28.1 Å². The molecule has 0 saturated carbocycles. The van der Waals surface area contributed by atoms with Crippen molar-refractivity contribution in [3.8, 4) is 0 Å². The van der Waals surface area contributed by atoms with Gasteiger partial charge >= 0.3 is 0 Å². The van der Waals surface area contributed by atoms with Crippen LogP contribution in [0.4, 0.5) is 4.39 Å². The van der Waals surface area contributed by atoms with E-state index in [1.807, 2.05) is 6.07 Å². The van der Waals surface area contributed by atoms with Crippen LogP contribution in [-0.2, 0) is 13.1 Å². The van der Waals surface area contributed by atoms with E-state index in [1.165, 1.54) is 15.2 Å². The van der Waals surface area contributed by atoms with E-state index in [9.17, 15) is 4.39 Å². The zero-order valence-electron chi connectivity index (χ0n) is 9.59. The summed E-state index contributed by atoms with van der Waals surface area (Å²) in [5, 5.41) is 3.31. The Morgan fingerprint density at radius 3 is 2.72 bits per heavy atom. The molecule has 0 aliphatic carbocycles. The molecule has 4 heteroatoms. The van der Waals surface area contributed by atoms with E-state index in [1.54, 1.807) is 12.1 Å². The molecule has 94 valence electrons. The molecule has 0 unspecified atom stereocenters.